The maximum Gasteiger partial charge on any atom is 0.334 e. The number of hydrogen-bond acceptors (Lipinski definition) is 2. The van der Waals surface area contributed by atoms with Crippen LogP contribution in [0.3, 0.4) is 0 Å². The van der Waals surface area contributed by atoms with Gasteiger partial charge in [0.2, 0.25) is 0 Å². The van der Waals surface area contributed by atoms with Crippen molar-refractivity contribution in [1.82, 2.24) is 0 Å². The van der Waals surface area contributed by atoms with Crippen LogP contribution < -0.4 is 15.9 Å². The van der Waals surface area contributed by atoms with E-state index in [0.717, 1.165) is 21.2 Å². The quantitative estimate of drug-likeness (QED) is 0.410. The molecule has 0 unspecified atom stereocenters. The van der Waals surface area contributed by atoms with Crippen molar-refractivity contribution in [2.75, 3.05) is 7.11 Å². The van der Waals surface area contributed by atoms with Gasteiger partial charge in [0.05, 0.1) is 7.11 Å². The Kier molecular flexibility index (Phi) is 5.21. The Balaban J connectivity index is 2.52. The van der Waals surface area contributed by atoms with Gasteiger partial charge in [0.25, 0.3) is 0 Å². The first-order chi connectivity index (χ1) is 12.2. The van der Waals surface area contributed by atoms with E-state index in [1.807, 2.05) is 61.5 Å². The molecule has 0 aliphatic carbocycles. The molecule has 0 spiro atoms. The van der Waals surface area contributed by atoms with Crippen LogP contribution in [-0.2, 0) is 9.53 Å². The predicted octanol–water partition coefficient (Wildman–Crippen LogP) is 3.35. The third kappa shape index (κ3) is 3.06. The Morgan fingerprint density at radius 2 is 1.00 bits per heavy atom. The topological polar surface area (TPSA) is 26.3 Å². The lowest BCUT2D eigenvalue weighted by Gasteiger charge is -2.30. The third-order valence-electron chi connectivity index (χ3n) is 4.41. The van der Waals surface area contributed by atoms with E-state index in [1.165, 1.54) is 7.11 Å². The predicted molar refractivity (Wildman–Crippen MR) is 108 cm³/mol. The van der Waals surface area contributed by atoms with Gasteiger partial charge in [0.15, 0.2) is 0 Å². The van der Waals surface area contributed by atoms with Crippen molar-refractivity contribution in [2.45, 2.75) is 6.92 Å². The molecule has 0 radical (unpaired) electrons. The average molecular weight is 349 g/mol. The van der Waals surface area contributed by atoms with Gasteiger partial charge in [0, 0.05) is 5.29 Å². The molecule has 126 valence electrons. The van der Waals surface area contributed by atoms with Gasteiger partial charge in [-0.1, -0.05) is 91.0 Å². The molecule has 0 saturated heterocycles. The lowest BCUT2D eigenvalue weighted by atomic mass is 10.4. The average Bonchev–Trinajstić information content (AvgIpc) is 2.70. The van der Waals surface area contributed by atoms with E-state index in [9.17, 15) is 4.79 Å². The zero-order valence-electron chi connectivity index (χ0n) is 14.4. The number of esters is 1. The minimum atomic E-state index is -2.27. The van der Waals surface area contributed by atoms with Crippen molar-refractivity contribution in [3.8, 4) is 0 Å². The molecule has 0 heterocycles. The third-order valence-corrected chi connectivity index (χ3v) is 8.82. The fourth-order valence-corrected chi connectivity index (χ4v) is 7.55. The summed E-state index contributed by atoms with van der Waals surface area (Å²) in [7, 11) is 1.45. The van der Waals surface area contributed by atoms with Gasteiger partial charge in [-0.2, -0.15) is 0 Å². The number of ether oxygens (including phenoxy) is 1. The van der Waals surface area contributed by atoms with Crippen LogP contribution in [-0.4, -0.2) is 18.4 Å². The SMILES string of the molecule is CO[13C](=O)C(C)=P(c1ccccc1)(c1ccccc1)c1ccccc1. The first-order valence-corrected chi connectivity index (χ1v) is 9.98. The molecule has 3 aromatic carbocycles. The van der Waals surface area contributed by atoms with Gasteiger partial charge < -0.3 is 4.74 Å². The Hall–Kier alpha value is -2.57. The molecular weight excluding hydrogens is 328 g/mol. The second-order valence-corrected chi connectivity index (χ2v) is 9.32. The Labute approximate surface area is 149 Å². The highest BCUT2D eigenvalue weighted by molar-refractivity contribution is 7.96. The second kappa shape index (κ2) is 7.55. The van der Waals surface area contributed by atoms with Crippen molar-refractivity contribution in [3.05, 3.63) is 91.0 Å². The minimum absolute atomic E-state index is 0.259. The molecule has 3 aromatic rings. The normalized spacial score (nSPS) is 11.0. The number of methoxy groups -OCH3 is 1. The van der Waals surface area contributed by atoms with Gasteiger partial charge in [-0.15, -0.1) is 0 Å². The van der Waals surface area contributed by atoms with Crippen molar-refractivity contribution < 1.29 is 9.53 Å². The summed E-state index contributed by atoms with van der Waals surface area (Å²) in [5.41, 5.74) is 0. The summed E-state index contributed by atoms with van der Waals surface area (Å²) in [5, 5.41) is 4.19. The first kappa shape index (κ1) is 17.3. The van der Waals surface area contributed by atoms with Crippen LogP contribution in [0.2, 0.25) is 0 Å². The number of benzene rings is 3. The van der Waals surface area contributed by atoms with Crippen LogP contribution in [0.15, 0.2) is 91.0 Å². The van der Waals surface area contributed by atoms with Gasteiger partial charge in [-0.3, -0.25) is 0 Å². The molecule has 25 heavy (non-hydrogen) atoms. The summed E-state index contributed by atoms with van der Waals surface area (Å²) in [6.45, 7) is -0.365. The van der Waals surface area contributed by atoms with Crippen molar-refractivity contribution in [1.29, 1.82) is 0 Å². The molecule has 2 nitrogen and oxygen atoms in total. The van der Waals surface area contributed by atoms with E-state index < -0.39 is 6.89 Å². The van der Waals surface area contributed by atoms with Crippen LogP contribution in [0, 0.1) is 0 Å². The van der Waals surface area contributed by atoms with Gasteiger partial charge >= 0.3 is 5.97 Å². The van der Waals surface area contributed by atoms with Crippen LogP contribution in [0.25, 0.3) is 0 Å². The summed E-state index contributed by atoms with van der Waals surface area (Å²) in [5.74, 6) is -0.259. The zero-order chi connectivity index (χ0) is 17.7. The molecular formula is C22H21O2P. The van der Waals surface area contributed by atoms with Crippen molar-refractivity contribution >= 4 is 34.1 Å². The second-order valence-electron chi connectivity index (χ2n) is 5.75. The molecule has 0 amide bonds. The zero-order valence-corrected chi connectivity index (χ0v) is 15.3. The number of carbonyl (C=O) groups is 1. The van der Waals surface area contributed by atoms with E-state index >= 15 is 0 Å². The smallest absolute Gasteiger partial charge is 0.334 e. The highest BCUT2D eigenvalue weighted by atomic mass is 31.2. The van der Waals surface area contributed by atoms with E-state index in [2.05, 4.69) is 36.4 Å². The molecule has 0 N–H and O–H groups in total. The lowest BCUT2D eigenvalue weighted by molar-refractivity contribution is -0.132. The Morgan fingerprint density at radius 1 is 0.680 bits per heavy atom. The summed E-state index contributed by atoms with van der Waals surface area (Å²) in [6, 6.07) is 30.8. The molecule has 0 aliphatic heterocycles. The molecule has 0 saturated carbocycles. The number of carbonyl (C=O) groups excluding carboxylic acids is 1. The maximum absolute atomic E-state index is 12.6. The molecule has 0 bridgehead atoms. The van der Waals surface area contributed by atoms with E-state index in [1.54, 1.807) is 0 Å². The van der Waals surface area contributed by atoms with Crippen LogP contribution in [0.4, 0.5) is 0 Å². The van der Waals surface area contributed by atoms with E-state index in [4.69, 9.17) is 4.74 Å². The van der Waals surface area contributed by atoms with Crippen LogP contribution >= 0.6 is 6.89 Å². The monoisotopic (exact) mass is 349 g/mol. The summed E-state index contributed by atoms with van der Waals surface area (Å²) < 4.78 is 5.13. The molecule has 0 fully saturated rings. The van der Waals surface area contributed by atoms with Crippen LogP contribution in [0.1, 0.15) is 6.92 Å². The Morgan fingerprint density at radius 3 is 1.28 bits per heavy atom. The van der Waals surface area contributed by atoms with E-state index in [0.29, 0.717) is 0 Å². The fourth-order valence-electron chi connectivity index (χ4n) is 3.27. The van der Waals surface area contributed by atoms with Crippen LogP contribution in [0.5, 0.6) is 0 Å². The van der Waals surface area contributed by atoms with E-state index in [-0.39, 0.29) is 5.97 Å². The largest absolute Gasteiger partial charge is 0.466 e. The van der Waals surface area contributed by atoms with Gasteiger partial charge in [-0.05, 0) is 29.7 Å². The van der Waals surface area contributed by atoms with Crippen molar-refractivity contribution in [2.24, 2.45) is 0 Å². The van der Waals surface area contributed by atoms with Crippen molar-refractivity contribution in [3.63, 3.8) is 0 Å². The standard InChI is InChI=1S/C22H21O2P/c1-18(22(23)24-2)25(19-12-6-3-7-13-19,20-14-8-4-9-15-20)21-16-10-5-11-17-21/h3-17H,1-2H3/i22+1. The first-order valence-electron chi connectivity index (χ1n) is 8.19. The highest BCUT2D eigenvalue weighted by Crippen LogP contribution is 2.46. The Bertz CT molecular complexity index is 797. The number of rotatable bonds is 4. The molecule has 3 rings (SSSR count). The number of hydrogen-bond donors (Lipinski definition) is 0. The maximum atomic E-state index is 12.6. The van der Waals surface area contributed by atoms with Gasteiger partial charge in [0.1, 0.15) is 0 Å². The molecule has 0 aromatic heterocycles. The fraction of sp³-hybridized carbons (Fsp3) is 0.0909. The summed E-state index contributed by atoms with van der Waals surface area (Å²) >= 11 is 0. The molecule has 0 atom stereocenters. The summed E-state index contributed by atoms with van der Waals surface area (Å²) in [4.78, 5) is 12.6. The minimum Gasteiger partial charge on any atom is -0.466 e. The lowest BCUT2D eigenvalue weighted by Crippen LogP contribution is -2.32. The molecule has 3 heteroatoms. The molecule has 0 aliphatic rings. The van der Waals surface area contributed by atoms with Gasteiger partial charge in [-0.25, -0.2) is 4.79 Å². The summed E-state index contributed by atoms with van der Waals surface area (Å²) in [6.07, 6.45) is 0. The highest BCUT2D eigenvalue weighted by Gasteiger charge is 2.30.